The fourth-order valence-electron chi connectivity index (χ4n) is 2.79. The summed E-state index contributed by atoms with van der Waals surface area (Å²) in [6.45, 7) is 2.70. The topological polar surface area (TPSA) is 47.3 Å². The molecule has 3 rings (SSSR count). The Morgan fingerprint density at radius 1 is 1.57 bits per heavy atom. The highest BCUT2D eigenvalue weighted by Crippen LogP contribution is 2.39. The standard InChI is InChI=1S/C15H18BrClN2O2/c1-2-12(20)14-10(17)7-11-9(15(14)16)8-18-19(11)13-5-3-4-6-21-13/h7-8,12-13,20H,2-6H2,1H3. The summed E-state index contributed by atoms with van der Waals surface area (Å²) in [5.74, 6) is 0. The Morgan fingerprint density at radius 3 is 3.05 bits per heavy atom. The first kappa shape index (κ1) is 15.3. The van der Waals surface area contributed by atoms with Gasteiger partial charge in [0.15, 0.2) is 6.23 Å². The predicted molar refractivity (Wildman–Crippen MR) is 86.5 cm³/mol. The van der Waals surface area contributed by atoms with Gasteiger partial charge in [0, 0.05) is 27.1 Å². The number of aliphatic hydroxyl groups is 1. The molecule has 1 aliphatic rings. The van der Waals surface area contributed by atoms with Gasteiger partial charge in [-0.3, -0.25) is 0 Å². The van der Waals surface area contributed by atoms with Crippen LogP contribution in [0.1, 0.15) is 50.5 Å². The molecule has 0 spiro atoms. The normalized spacial score (nSPS) is 20.9. The largest absolute Gasteiger partial charge is 0.388 e. The lowest BCUT2D eigenvalue weighted by Gasteiger charge is -2.23. The zero-order valence-corrected chi connectivity index (χ0v) is 14.2. The Bertz CT molecular complexity index is 653. The van der Waals surface area contributed by atoms with Crippen molar-refractivity contribution in [1.82, 2.24) is 9.78 Å². The molecule has 0 saturated carbocycles. The van der Waals surface area contributed by atoms with Crippen LogP contribution in [0, 0.1) is 0 Å². The van der Waals surface area contributed by atoms with Crippen molar-refractivity contribution in [2.45, 2.75) is 44.9 Å². The second-order valence-electron chi connectivity index (χ2n) is 5.35. The smallest absolute Gasteiger partial charge is 0.150 e. The molecule has 6 heteroatoms. The summed E-state index contributed by atoms with van der Waals surface area (Å²) in [4.78, 5) is 0. The van der Waals surface area contributed by atoms with E-state index in [1.807, 2.05) is 17.7 Å². The molecule has 1 N–H and O–H groups in total. The molecule has 1 aliphatic heterocycles. The average molecular weight is 374 g/mol. The van der Waals surface area contributed by atoms with E-state index in [2.05, 4.69) is 21.0 Å². The van der Waals surface area contributed by atoms with Crippen molar-refractivity contribution in [2.24, 2.45) is 0 Å². The molecule has 1 aromatic heterocycles. The van der Waals surface area contributed by atoms with Crippen LogP contribution < -0.4 is 0 Å². The SMILES string of the molecule is CCC(O)c1c(Cl)cc2c(cnn2C2CCCCO2)c1Br. The Hall–Kier alpha value is -0.620. The minimum Gasteiger partial charge on any atom is -0.388 e. The van der Waals surface area contributed by atoms with Gasteiger partial charge >= 0.3 is 0 Å². The van der Waals surface area contributed by atoms with E-state index < -0.39 is 6.10 Å². The summed E-state index contributed by atoms with van der Waals surface area (Å²) in [6, 6.07) is 1.88. The van der Waals surface area contributed by atoms with Crippen LogP contribution >= 0.6 is 27.5 Å². The fraction of sp³-hybridized carbons (Fsp3) is 0.533. The summed E-state index contributed by atoms with van der Waals surface area (Å²) in [7, 11) is 0. The molecular formula is C15H18BrClN2O2. The van der Waals surface area contributed by atoms with Gasteiger partial charge in [-0.15, -0.1) is 0 Å². The highest BCUT2D eigenvalue weighted by Gasteiger charge is 2.23. The third kappa shape index (κ3) is 2.72. The first-order valence-electron chi connectivity index (χ1n) is 7.28. The average Bonchev–Trinajstić information content (AvgIpc) is 2.91. The molecule has 0 radical (unpaired) electrons. The van der Waals surface area contributed by atoms with Gasteiger partial charge in [-0.25, -0.2) is 4.68 Å². The van der Waals surface area contributed by atoms with Crippen LogP contribution in [0.2, 0.25) is 5.02 Å². The summed E-state index contributed by atoms with van der Waals surface area (Å²) in [5.41, 5.74) is 1.67. The van der Waals surface area contributed by atoms with Crippen molar-refractivity contribution >= 4 is 38.4 Å². The fourth-order valence-corrected chi connectivity index (χ4v) is 4.01. The molecule has 1 fully saturated rings. The molecule has 1 saturated heterocycles. The predicted octanol–water partition coefficient (Wildman–Crippen LogP) is 4.59. The minimum absolute atomic E-state index is 0.0267. The highest BCUT2D eigenvalue weighted by atomic mass is 79.9. The molecule has 2 unspecified atom stereocenters. The maximum atomic E-state index is 10.1. The highest BCUT2D eigenvalue weighted by molar-refractivity contribution is 9.10. The number of rotatable bonds is 3. The van der Waals surface area contributed by atoms with Gasteiger partial charge < -0.3 is 9.84 Å². The van der Waals surface area contributed by atoms with Gasteiger partial charge in [-0.05, 0) is 47.7 Å². The van der Waals surface area contributed by atoms with Crippen molar-refractivity contribution < 1.29 is 9.84 Å². The van der Waals surface area contributed by atoms with Crippen molar-refractivity contribution in [3.8, 4) is 0 Å². The molecule has 21 heavy (non-hydrogen) atoms. The van der Waals surface area contributed by atoms with Gasteiger partial charge in [0.2, 0.25) is 0 Å². The van der Waals surface area contributed by atoms with E-state index in [1.165, 1.54) is 0 Å². The molecule has 2 heterocycles. The van der Waals surface area contributed by atoms with E-state index in [0.717, 1.165) is 46.8 Å². The summed E-state index contributed by atoms with van der Waals surface area (Å²) in [6.07, 6.45) is 5.03. The van der Waals surface area contributed by atoms with Crippen molar-refractivity contribution in [3.63, 3.8) is 0 Å². The van der Waals surface area contributed by atoms with E-state index in [1.54, 1.807) is 6.20 Å². The van der Waals surface area contributed by atoms with Gasteiger partial charge in [0.05, 0.1) is 17.8 Å². The number of benzene rings is 1. The number of aromatic nitrogens is 2. The number of nitrogens with zero attached hydrogens (tertiary/aromatic N) is 2. The van der Waals surface area contributed by atoms with Crippen LogP contribution in [0.5, 0.6) is 0 Å². The Labute approximate surface area is 137 Å². The number of ether oxygens (including phenoxy) is 1. The van der Waals surface area contributed by atoms with Gasteiger partial charge in [-0.1, -0.05) is 18.5 Å². The van der Waals surface area contributed by atoms with Crippen LogP contribution in [0.15, 0.2) is 16.7 Å². The van der Waals surface area contributed by atoms with Crippen LogP contribution in [-0.2, 0) is 4.74 Å². The molecule has 2 atom stereocenters. The molecule has 0 bridgehead atoms. The second kappa shape index (κ2) is 6.24. The van der Waals surface area contributed by atoms with E-state index >= 15 is 0 Å². The van der Waals surface area contributed by atoms with E-state index in [9.17, 15) is 5.11 Å². The van der Waals surface area contributed by atoms with Crippen LogP contribution in [0.3, 0.4) is 0 Å². The zero-order valence-electron chi connectivity index (χ0n) is 11.9. The lowest BCUT2D eigenvalue weighted by Crippen LogP contribution is -2.19. The number of hydrogen-bond acceptors (Lipinski definition) is 3. The van der Waals surface area contributed by atoms with Crippen molar-refractivity contribution in [1.29, 1.82) is 0 Å². The maximum Gasteiger partial charge on any atom is 0.150 e. The number of fused-ring (bicyclic) bond motifs is 1. The van der Waals surface area contributed by atoms with Gasteiger partial charge in [0.1, 0.15) is 0 Å². The van der Waals surface area contributed by atoms with E-state index in [-0.39, 0.29) is 6.23 Å². The summed E-state index contributed by atoms with van der Waals surface area (Å²) >= 11 is 9.95. The van der Waals surface area contributed by atoms with Gasteiger partial charge in [-0.2, -0.15) is 5.10 Å². The van der Waals surface area contributed by atoms with Crippen LogP contribution in [0.25, 0.3) is 10.9 Å². The number of aliphatic hydroxyl groups excluding tert-OH is 1. The number of hydrogen-bond donors (Lipinski definition) is 1. The lowest BCUT2D eigenvalue weighted by atomic mass is 10.1. The maximum absolute atomic E-state index is 10.1. The molecule has 0 amide bonds. The third-order valence-corrected chi connectivity index (χ3v) is 5.14. The van der Waals surface area contributed by atoms with E-state index in [4.69, 9.17) is 16.3 Å². The second-order valence-corrected chi connectivity index (χ2v) is 6.55. The quantitative estimate of drug-likeness (QED) is 0.855. The molecule has 114 valence electrons. The Kier molecular flexibility index (Phi) is 4.54. The van der Waals surface area contributed by atoms with E-state index in [0.29, 0.717) is 11.4 Å². The lowest BCUT2D eigenvalue weighted by molar-refractivity contribution is -0.0366. The summed E-state index contributed by atoms with van der Waals surface area (Å²) in [5, 5.41) is 16.1. The van der Waals surface area contributed by atoms with Crippen LogP contribution in [-0.4, -0.2) is 21.5 Å². The Morgan fingerprint density at radius 2 is 2.38 bits per heavy atom. The molecule has 0 aliphatic carbocycles. The van der Waals surface area contributed by atoms with Crippen molar-refractivity contribution in [3.05, 3.63) is 27.3 Å². The molecule has 4 nitrogen and oxygen atoms in total. The molecule has 1 aromatic carbocycles. The summed E-state index contributed by atoms with van der Waals surface area (Å²) < 4.78 is 8.52. The molecular weight excluding hydrogens is 356 g/mol. The molecule has 2 aromatic rings. The van der Waals surface area contributed by atoms with Crippen molar-refractivity contribution in [2.75, 3.05) is 6.61 Å². The Balaban J connectivity index is 2.10. The first-order chi connectivity index (χ1) is 10.1. The monoisotopic (exact) mass is 372 g/mol. The third-order valence-electron chi connectivity index (χ3n) is 3.98. The first-order valence-corrected chi connectivity index (χ1v) is 8.45. The zero-order chi connectivity index (χ0) is 15.0. The number of halogens is 2. The van der Waals surface area contributed by atoms with Gasteiger partial charge in [0.25, 0.3) is 0 Å². The van der Waals surface area contributed by atoms with Crippen LogP contribution in [0.4, 0.5) is 0 Å². The minimum atomic E-state index is -0.578.